The number of pyridine rings is 1. The highest BCUT2D eigenvalue weighted by atomic mass is 35.5. The third-order valence-electron chi connectivity index (χ3n) is 2.74. The Morgan fingerprint density at radius 2 is 1.81 bits per heavy atom. The number of aromatic nitrogens is 3. The maximum absolute atomic E-state index is 12.1. The Kier molecular flexibility index (Phi) is 3.65. The van der Waals surface area contributed by atoms with Crippen molar-refractivity contribution in [2.75, 3.05) is 0 Å². The number of benzene rings is 1. The predicted molar refractivity (Wildman–Crippen MR) is 76.0 cm³/mol. The van der Waals surface area contributed by atoms with E-state index in [1.807, 2.05) is 0 Å². The molecule has 21 heavy (non-hydrogen) atoms. The highest BCUT2D eigenvalue weighted by molar-refractivity contribution is 6.41. The Morgan fingerprint density at radius 1 is 1.10 bits per heavy atom. The number of nitrogens with one attached hydrogen (secondary N) is 1. The van der Waals surface area contributed by atoms with Crippen LogP contribution >= 0.6 is 23.2 Å². The minimum atomic E-state index is -2.85. The minimum Gasteiger partial charge on any atom is -0.435 e. The van der Waals surface area contributed by atoms with Gasteiger partial charge < -0.3 is 9.72 Å². The number of halogens is 4. The smallest absolute Gasteiger partial charge is 0.387 e. The van der Waals surface area contributed by atoms with Gasteiger partial charge in [-0.25, -0.2) is 9.97 Å². The second-order valence-electron chi connectivity index (χ2n) is 4.12. The number of H-pyrrole nitrogens is 1. The lowest BCUT2D eigenvalue weighted by Gasteiger charge is -2.04. The summed E-state index contributed by atoms with van der Waals surface area (Å²) >= 11 is 11.7. The lowest BCUT2D eigenvalue weighted by atomic mass is 10.2. The molecule has 1 N–H and O–H groups in total. The topological polar surface area (TPSA) is 50.8 Å². The Labute approximate surface area is 127 Å². The van der Waals surface area contributed by atoms with E-state index in [-0.39, 0.29) is 10.9 Å². The van der Waals surface area contributed by atoms with Gasteiger partial charge in [0, 0.05) is 5.56 Å². The molecule has 2 aromatic heterocycles. The van der Waals surface area contributed by atoms with E-state index < -0.39 is 6.61 Å². The SMILES string of the molecule is FC(F)Oc1ccc(-c2nc3nc(Cl)c(Cl)cc3[nH]2)cc1. The van der Waals surface area contributed by atoms with Gasteiger partial charge in [0.25, 0.3) is 0 Å². The molecule has 0 saturated carbocycles. The van der Waals surface area contributed by atoms with Crippen LogP contribution in [0.1, 0.15) is 0 Å². The highest BCUT2D eigenvalue weighted by Crippen LogP contribution is 2.27. The van der Waals surface area contributed by atoms with Crippen LogP contribution in [0, 0.1) is 0 Å². The van der Waals surface area contributed by atoms with Gasteiger partial charge >= 0.3 is 6.61 Å². The average Bonchev–Trinajstić information content (AvgIpc) is 2.82. The molecule has 0 fully saturated rings. The lowest BCUT2D eigenvalue weighted by Crippen LogP contribution is -2.01. The molecule has 3 rings (SSSR count). The summed E-state index contributed by atoms with van der Waals surface area (Å²) in [4.78, 5) is 11.4. The largest absolute Gasteiger partial charge is 0.435 e. The summed E-state index contributed by atoms with van der Waals surface area (Å²) in [6, 6.07) is 7.71. The van der Waals surface area contributed by atoms with E-state index in [2.05, 4.69) is 19.7 Å². The molecule has 1 aromatic carbocycles. The highest BCUT2D eigenvalue weighted by Gasteiger charge is 2.10. The first kappa shape index (κ1) is 14.0. The first-order chi connectivity index (χ1) is 10.0. The van der Waals surface area contributed by atoms with Crippen LogP contribution in [0.5, 0.6) is 5.75 Å². The first-order valence-corrected chi connectivity index (χ1v) is 6.55. The summed E-state index contributed by atoms with van der Waals surface area (Å²) in [7, 11) is 0. The van der Waals surface area contributed by atoms with Crippen LogP contribution in [0.25, 0.3) is 22.6 Å². The number of nitrogens with zero attached hydrogens (tertiary/aromatic N) is 2. The van der Waals surface area contributed by atoms with Crippen molar-refractivity contribution < 1.29 is 13.5 Å². The fraction of sp³-hybridized carbons (Fsp3) is 0.0769. The molecule has 0 bridgehead atoms. The zero-order chi connectivity index (χ0) is 15.0. The van der Waals surface area contributed by atoms with E-state index in [1.165, 1.54) is 12.1 Å². The van der Waals surface area contributed by atoms with Gasteiger partial charge in [0.2, 0.25) is 0 Å². The van der Waals surface area contributed by atoms with Crippen LogP contribution in [0.4, 0.5) is 8.78 Å². The number of imidazole rings is 1. The van der Waals surface area contributed by atoms with Crippen molar-refractivity contribution in [2.45, 2.75) is 6.61 Å². The van der Waals surface area contributed by atoms with E-state index in [9.17, 15) is 8.78 Å². The van der Waals surface area contributed by atoms with Gasteiger partial charge in [-0.3, -0.25) is 0 Å². The van der Waals surface area contributed by atoms with Crippen molar-refractivity contribution in [1.29, 1.82) is 0 Å². The fourth-order valence-corrected chi connectivity index (χ4v) is 2.11. The van der Waals surface area contributed by atoms with Crippen LogP contribution in [-0.4, -0.2) is 21.6 Å². The van der Waals surface area contributed by atoms with Gasteiger partial charge in [-0.15, -0.1) is 0 Å². The van der Waals surface area contributed by atoms with Gasteiger partial charge in [-0.1, -0.05) is 23.2 Å². The van der Waals surface area contributed by atoms with Crippen molar-refractivity contribution >= 4 is 34.4 Å². The third kappa shape index (κ3) is 2.91. The van der Waals surface area contributed by atoms with Crippen molar-refractivity contribution in [1.82, 2.24) is 15.0 Å². The first-order valence-electron chi connectivity index (χ1n) is 5.80. The zero-order valence-electron chi connectivity index (χ0n) is 10.3. The van der Waals surface area contributed by atoms with Gasteiger partial charge in [-0.05, 0) is 30.3 Å². The molecule has 0 atom stereocenters. The molecule has 0 aliphatic rings. The molecule has 4 nitrogen and oxygen atoms in total. The molecule has 0 saturated heterocycles. The number of aromatic amines is 1. The molecule has 0 unspecified atom stereocenters. The van der Waals surface area contributed by atoms with E-state index in [0.717, 1.165) is 0 Å². The number of hydrogen-bond acceptors (Lipinski definition) is 3. The van der Waals surface area contributed by atoms with E-state index in [1.54, 1.807) is 18.2 Å². The molecular weight excluding hydrogens is 323 g/mol. The van der Waals surface area contributed by atoms with Gasteiger partial charge in [0.1, 0.15) is 16.7 Å². The second kappa shape index (κ2) is 5.46. The number of rotatable bonds is 3. The van der Waals surface area contributed by atoms with Crippen molar-refractivity contribution in [3.8, 4) is 17.1 Å². The quantitative estimate of drug-likeness (QED) is 0.718. The van der Waals surface area contributed by atoms with Crippen LogP contribution in [0.15, 0.2) is 30.3 Å². The molecule has 8 heteroatoms. The van der Waals surface area contributed by atoms with Crippen molar-refractivity contribution in [3.05, 3.63) is 40.5 Å². The average molecular weight is 330 g/mol. The van der Waals surface area contributed by atoms with E-state index in [0.29, 0.717) is 27.6 Å². The van der Waals surface area contributed by atoms with Crippen molar-refractivity contribution in [2.24, 2.45) is 0 Å². The number of alkyl halides is 2. The number of ether oxygens (including phenoxy) is 1. The maximum atomic E-state index is 12.1. The number of hydrogen-bond donors (Lipinski definition) is 1. The lowest BCUT2D eigenvalue weighted by molar-refractivity contribution is -0.0498. The van der Waals surface area contributed by atoms with E-state index >= 15 is 0 Å². The van der Waals surface area contributed by atoms with Gasteiger partial charge in [-0.2, -0.15) is 8.78 Å². The van der Waals surface area contributed by atoms with Gasteiger partial charge in [0.15, 0.2) is 5.65 Å². The zero-order valence-corrected chi connectivity index (χ0v) is 11.8. The number of fused-ring (bicyclic) bond motifs is 1. The molecule has 0 radical (unpaired) electrons. The standard InChI is InChI=1S/C13H7Cl2F2N3O/c14-8-5-9-12(19-10(8)15)20-11(18-9)6-1-3-7(4-2-6)21-13(16)17/h1-5,13H,(H,18,19,20). The van der Waals surface area contributed by atoms with Gasteiger partial charge in [0.05, 0.1) is 10.5 Å². The monoisotopic (exact) mass is 329 g/mol. The Morgan fingerprint density at radius 3 is 2.48 bits per heavy atom. The molecule has 0 spiro atoms. The summed E-state index contributed by atoms with van der Waals surface area (Å²) in [6.45, 7) is -2.85. The Hall–Kier alpha value is -1.92. The molecule has 2 heterocycles. The maximum Gasteiger partial charge on any atom is 0.387 e. The van der Waals surface area contributed by atoms with E-state index in [4.69, 9.17) is 23.2 Å². The molecule has 0 amide bonds. The summed E-state index contributed by atoms with van der Waals surface area (Å²) in [5.41, 5.74) is 1.75. The fourth-order valence-electron chi connectivity index (χ4n) is 1.83. The third-order valence-corrected chi connectivity index (χ3v) is 3.41. The molecular formula is C13H7Cl2F2N3O. The molecule has 0 aliphatic carbocycles. The van der Waals surface area contributed by atoms with Crippen LogP contribution in [0.3, 0.4) is 0 Å². The summed E-state index contributed by atoms with van der Waals surface area (Å²) in [5, 5.41) is 0.489. The van der Waals surface area contributed by atoms with Crippen LogP contribution in [0.2, 0.25) is 10.2 Å². The Balaban J connectivity index is 1.96. The summed E-state index contributed by atoms with van der Waals surface area (Å²) in [5.74, 6) is 0.605. The Bertz CT molecular complexity index is 751. The molecule has 108 valence electrons. The molecule has 3 aromatic rings. The second-order valence-corrected chi connectivity index (χ2v) is 4.89. The van der Waals surface area contributed by atoms with Crippen LogP contribution in [-0.2, 0) is 0 Å². The molecule has 0 aliphatic heterocycles. The minimum absolute atomic E-state index is 0.0778. The van der Waals surface area contributed by atoms with Crippen molar-refractivity contribution in [3.63, 3.8) is 0 Å². The predicted octanol–water partition coefficient (Wildman–Crippen LogP) is 4.53. The summed E-state index contributed by atoms with van der Waals surface area (Å²) in [6.07, 6.45) is 0. The van der Waals surface area contributed by atoms with Crippen LogP contribution < -0.4 is 4.74 Å². The normalized spacial score (nSPS) is 11.3. The summed E-state index contributed by atoms with van der Waals surface area (Å²) < 4.78 is 28.5.